The Bertz CT molecular complexity index is 2950. The maximum absolute atomic E-state index is 2.88. The van der Waals surface area contributed by atoms with E-state index in [-0.39, 0.29) is 23.0 Å². The molecule has 2 nitrogen and oxygen atoms in total. The number of rotatable bonds is 6. The van der Waals surface area contributed by atoms with E-state index < -0.39 is 8.07 Å². The van der Waals surface area contributed by atoms with E-state index in [4.69, 9.17) is 0 Å². The molecule has 4 heteroatoms. The van der Waals surface area contributed by atoms with Crippen molar-refractivity contribution in [3.05, 3.63) is 210 Å². The first-order valence-electron chi connectivity index (χ1n) is 23.5. The SMILES string of the molecule is Cc1ccccc1N1c2ccc([Si](c3ccccc3)(c3ccccc3)c3ccccc3)cc2B2c3cc(C(C)(C)C)ccc3N(c3ccc(C(C)(C)C)cc3)c3cc(C(C)(C)C)cc1c32. The zero-order chi connectivity index (χ0) is 45.5. The molecule has 2 aliphatic heterocycles. The molecule has 0 radical (unpaired) electrons. The van der Waals surface area contributed by atoms with Crippen LogP contribution in [0.4, 0.5) is 34.1 Å². The van der Waals surface area contributed by atoms with Crippen molar-refractivity contribution in [2.24, 2.45) is 0 Å². The van der Waals surface area contributed by atoms with Crippen molar-refractivity contribution in [1.29, 1.82) is 0 Å². The molecule has 322 valence electrons. The number of fused-ring (bicyclic) bond motifs is 4. The van der Waals surface area contributed by atoms with Crippen LogP contribution in [0.15, 0.2) is 188 Å². The maximum atomic E-state index is 2.65. The third-order valence-electron chi connectivity index (χ3n) is 14.2. The number of hydrogen-bond donors (Lipinski definition) is 0. The molecule has 10 rings (SSSR count). The van der Waals surface area contributed by atoms with E-state index in [9.17, 15) is 0 Å². The number of para-hydroxylation sites is 1. The predicted molar refractivity (Wildman–Crippen MR) is 285 cm³/mol. The highest BCUT2D eigenvalue weighted by Gasteiger charge is 2.47. The zero-order valence-corrected chi connectivity index (χ0v) is 40.9. The average Bonchev–Trinajstić information content (AvgIpc) is 3.29. The lowest BCUT2D eigenvalue weighted by Gasteiger charge is -2.46. The Morgan fingerprint density at radius 2 is 0.800 bits per heavy atom. The van der Waals surface area contributed by atoms with Crippen LogP contribution < -0.4 is 46.9 Å². The fourth-order valence-electron chi connectivity index (χ4n) is 10.7. The fourth-order valence-corrected chi connectivity index (χ4v) is 15.4. The quantitative estimate of drug-likeness (QED) is 0.121. The van der Waals surface area contributed by atoms with Gasteiger partial charge in [-0.2, -0.15) is 0 Å². The Morgan fingerprint density at radius 3 is 1.32 bits per heavy atom. The summed E-state index contributed by atoms with van der Waals surface area (Å²) in [6.07, 6.45) is 0. The number of benzene rings is 8. The Hall–Kier alpha value is -6.36. The van der Waals surface area contributed by atoms with Gasteiger partial charge in [-0.25, -0.2) is 0 Å². The second-order valence-corrected chi connectivity index (χ2v) is 25.3. The van der Waals surface area contributed by atoms with E-state index >= 15 is 0 Å². The van der Waals surface area contributed by atoms with Gasteiger partial charge in [0.1, 0.15) is 0 Å². The molecule has 0 amide bonds. The predicted octanol–water partition coefficient (Wildman–Crippen LogP) is 11.3. The standard InChI is InChI=1S/C61H61BN2Si/c1-42-22-20-21-29-53(42)64-55-37-35-50(65(47-23-14-11-15-24-47,48-25-16-12-17-26-48)49-27-18-13-19-28-49)41-52(55)62-51-38-44(60(5,6)7)32-36-54(51)63(46-33-30-43(31-34-46)59(2,3)4)56-39-45(61(8,9)10)40-57(64)58(56)62/h11-41H,1-10H3. The number of nitrogens with zero attached hydrogens (tertiary/aromatic N) is 2. The highest BCUT2D eigenvalue weighted by molar-refractivity contribution is 7.20. The minimum absolute atomic E-state index is 0.0272. The number of anilines is 6. The van der Waals surface area contributed by atoms with Crippen molar-refractivity contribution in [3.8, 4) is 0 Å². The normalized spacial score (nSPS) is 13.6. The monoisotopic (exact) mass is 860 g/mol. The summed E-state index contributed by atoms with van der Waals surface area (Å²) in [4.78, 5) is 5.19. The summed E-state index contributed by atoms with van der Waals surface area (Å²) in [5.74, 6) is 0. The third-order valence-corrected chi connectivity index (χ3v) is 19.0. The zero-order valence-electron chi connectivity index (χ0n) is 39.9. The molecule has 2 aliphatic rings. The molecule has 8 aromatic rings. The lowest BCUT2D eigenvalue weighted by Crippen LogP contribution is -2.75. The molecule has 0 atom stereocenters. The first-order chi connectivity index (χ1) is 31.1. The molecule has 0 aromatic heterocycles. The smallest absolute Gasteiger partial charge is 0.252 e. The molecule has 0 spiro atoms. The second-order valence-electron chi connectivity index (χ2n) is 21.5. The molecule has 0 saturated carbocycles. The van der Waals surface area contributed by atoms with E-state index in [2.05, 4.69) is 267 Å². The lowest BCUT2D eigenvalue weighted by atomic mass is 9.33. The van der Waals surface area contributed by atoms with E-state index in [1.54, 1.807) is 0 Å². The van der Waals surface area contributed by atoms with Crippen LogP contribution in [0.2, 0.25) is 0 Å². The summed E-state index contributed by atoms with van der Waals surface area (Å²) in [6.45, 7) is 23.3. The number of hydrogen-bond acceptors (Lipinski definition) is 2. The van der Waals surface area contributed by atoms with E-state index in [1.807, 2.05) is 0 Å². The molecule has 0 bridgehead atoms. The summed E-state index contributed by atoms with van der Waals surface area (Å²) in [6, 6.07) is 72.4. The fraction of sp³-hybridized carbons (Fsp3) is 0.213. The Kier molecular flexibility index (Phi) is 10.3. The van der Waals surface area contributed by atoms with Crippen LogP contribution >= 0.6 is 0 Å². The van der Waals surface area contributed by atoms with Crippen LogP contribution in [0.5, 0.6) is 0 Å². The maximum Gasteiger partial charge on any atom is 0.252 e. The van der Waals surface area contributed by atoms with E-state index in [0.29, 0.717) is 0 Å². The highest BCUT2D eigenvalue weighted by Crippen LogP contribution is 2.47. The summed E-state index contributed by atoms with van der Waals surface area (Å²) < 4.78 is 0. The molecule has 2 heterocycles. The molecule has 8 aromatic carbocycles. The first kappa shape index (κ1) is 42.6. The summed E-state index contributed by atoms with van der Waals surface area (Å²) in [5, 5.41) is 5.52. The molecule has 0 aliphatic carbocycles. The topological polar surface area (TPSA) is 6.48 Å². The summed E-state index contributed by atoms with van der Waals surface area (Å²) >= 11 is 0. The Morgan fingerprint density at radius 1 is 0.354 bits per heavy atom. The van der Waals surface area contributed by atoms with Crippen LogP contribution in [0, 0.1) is 6.92 Å². The summed E-state index contributed by atoms with van der Waals surface area (Å²) in [5.41, 5.74) is 16.6. The number of aryl methyl sites for hydroxylation is 1. The average molecular weight is 861 g/mol. The van der Waals surface area contributed by atoms with Gasteiger partial charge in [-0.1, -0.05) is 208 Å². The van der Waals surface area contributed by atoms with Gasteiger partial charge in [0, 0.05) is 34.1 Å². The first-order valence-corrected chi connectivity index (χ1v) is 25.5. The molecule has 0 saturated heterocycles. The molecule has 0 unspecified atom stereocenters. The van der Waals surface area contributed by atoms with E-state index in [1.165, 1.54) is 93.5 Å². The van der Waals surface area contributed by atoms with Crippen molar-refractivity contribution < 1.29 is 0 Å². The van der Waals surface area contributed by atoms with Gasteiger partial charge in [0.05, 0.1) is 0 Å². The molecular weight excluding hydrogens is 800 g/mol. The Balaban J connectivity index is 1.36. The van der Waals surface area contributed by atoms with Gasteiger partial charge in [-0.05, 0) is 125 Å². The molecular formula is C61H61BN2Si. The van der Waals surface area contributed by atoms with E-state index in [0.717, 1.165) is 0 Å². The van der Waals surface area contributed by atoms with Gasteiger partial charge in [0.2, 0.25) is 0 Å². The van der Waals surface area contributed by atoms with Gasteiger partial charge in [-0.15, -0.1) is 0 Å². The van der Waals surface area contributed by atoms with Gasteiger partial charge in [0.25, 0.3) is 6.71 Å². The van der Waals surface area contributed by atoms with Gasteiger partial charge < -0.3 is 9.80 Å². The molecule has 0 fully saturated rings. The second kappa shape index (κ2) is 15.7. The van der Waals surface area contributed by atoms with Crippen molar-refractivity contribution in [2.75, 3.05) is 9.80 Å². The van der Waals surface area contributed by atoms with Crippen molar-refractivity contribution >= 4 is 86.0 Å². The largest absolute Gasteiger partial charge is 0.311 e. The minimum Gasteiger partial charge on any atom is -0.311 e. The van der Waals surface area contributed by atoms with Crippen LogP contribution in [0.1, 0.15) is 84.6 Å². The molecule has 0 N–H and O–H groups in total. The third kappa shape index (κ3) is 7.09. The van der Waals surface area contributed by atoms with Crippen LogP contribution in [-0.2, 0) is 16.2 Å². The van der Waals surface area contributed by atoms with Gasteiger partial charge >= 0.3 is 0 Å². The van der Waals surface area contributed by atoms with Crippen LogP contribution in [0.3, 0.4) is 0 Å². The molecule has 65 heavy (non-hydrogen) atoms. The summed E-state index contributed by atoms with van der Waals surface area (Å²) in [7, 11) is -2.88. The highest BCUT2D eigenvalue weighted by atomic mass is 28.3. The van der Waals surface area contributed by atoms with Gasteiger partial charge in [0.15, 0.2) is 8.07 Å². The Labute approximate surface area is 389 Å². The van der Waals surface area contributed by atoms with Crippen LogP contribution in [-0.4, -0.2) is 14.8 Å². The van der Waals surface area contributed by atoms with Crippen molar-refractivity contribution in [2.45, 2.75) is 85.5 Å². The van der Waals surface area contributed by atoms with Crippen molar-refractivity contribution in [3.63, 3.8) is 0 Å². The van der Waals surface area contributed by atoms with Crippen molar-refractivity contribution in [1.82, 2.24) is 0 Å². The van der Waals surface area contributed by atoms with Gasteiger partial charge in [-0.3, -0.25) is 0 Å². The minimum atomic E-state index is -2.88. The lowest BCUT2D eigenvalue weighted by molar-refractivity contribution is 0.589. The van der Waals surface area contributed by atoms with Crippen LogP contribution in [0.25, 0.3) is 0 Å².